The van der Waals surface area contributed by atoms with Gasteiger partial charge >= 0.3 is 0 Å². The third kappa shape index (κ3) is 3.83. The Morgan fingerprint density at radius 3 is 2.58 bits per heavy atom. The van der Waals surface area contributed by atoms with Gasteiger partial charge in [0.25, 0.3) is 5.91 Å². The van der Waals surface area contributed by atoms with Crippen LogP contribution < -0.4 is 5.32 Å². The molecular weight excluding hydrogens is 324 g/mol. The van der Waals surface area contributed by atoms with Crippen LogP contribution >= 0.6 is 0 Å². The van der Waals surface area contributed by atoms with Gasteiger partial charge in [0.05, 0.1) is 17.4 Å². The van der Waals surface area contributed by atoms with E-state index in [4.69, 9.17) is 0 Å². The van der Waals surface area contributed by atoms with Gasteiger partial charge in [-0.05, 0) is 24.1 Å². The molecule has 5 heteroatoms. The maximum Gasteiger partial charge on any atom is 0.254 e. The number of amides is 1. The Morgan fingerprint density at radius 2 is 1.81 bits per heavy atom. The molecule has 0 radical (unpaired) electrons. The molecule has 1 unspecified atom stereocenters. The summed E-state index contributed by atoms with van der Waals surface area (Å²) in [7, 11) is 0. The predicted molar refractivity (Wildman–Crippen MR) is 101 cm³/mol. The summed E-state index contributed by atoms with van der Waals surface area (Å²) < 4.78 is 1.73. The quantitative estimate of drug-likeness (QED) is 0.773. The van der Waals surface area contributed by atoms with Crippen molar-refractivity contribution in [3.05, 3.63) is 84.2 Å². The Balaban J connectivity index is 1.33. The fraction of sp³-hybridized carbons (Fsp3) is 0.238. The predicted octanol–water partition coefficient (Wildman–Crippen LogP) is 2.88. The fourth-order valence-electron chi connectivity index (χ4n) is 3.37. The topological polar surface area (TPSA) is 50.2 Å². The molecule has 1 amide bonds. The van der Waals surface area contributed by atoms with Gasteiger partial charge in [0.15, 0.2) is 0 Å². The molecule has 0 bridgehead atoms. The molecule has 132 valence electrons. The van der Waals surface area contributed by atoms with Crippen molar-refractivity contribution in [3.63, 3.8) is 0 Å². The Morgan fingerprint density at radius 1 is 1.08 bits per heavy atom. The minimum absolute atomic E-state index is 0.0567. The van der Waals surface area contributed by atoms with Crippen molar-refractivity contribution in [2.24, 2.45) is 0 Å². The van der Waals surface area contributed by atoms with Crippen molar-refractivity contribution < 1.29 is 4.79 Å². The summed E-state index contributed by atoms with van der Waals surface area (Å²) in [4.78, 5) is 14.9. The molecule has 26 heavy (non-hydrogen) atoms. The second-order valence-corrected chi connectivity index (χ2v) is 6.69. The summed E-state index contributed by atoms with van der Waals surface area (Å²) in [6.07, 6.45) is 4.38. The van der Waals surface area contributed by atoms with Crippen molar-refractivity contribution >= 4 is 5.91 Å². The van der Waals surface area contributed by atoms with E-state index in [1.165, 1.54) is 5.56 Å². The van der Waals surface area contributed by atoms with Crippen LogP contribution in [0, 0.1) is 0 Å². The lowest BCUT2D eigenvalue weighted by Gasteiger charge is -2.16. The van der Waals surface area contributed by atoms with Crippen LogP contribution in [0.15, 0.2) is 73.1 Å². The zero-order chi connectivity index (χ0) is 17.8. The lowest BCUT2D eigenvalue weighted by atomic mass is 10.2. The smallest absolute Gasteiger partial charge is 0.254 e. The van der Waals surface area contributed by atoms with Crippen LogP contribution in [0.4, 0.5) is 0 Å². The number of aromatic nitrogens is 2. The maximum absolute atomic E-state index is 12.5. The van der Waals surface area contributed by atoms with Crippen LogP contribution in [0.5, 0.6) is 0 Å². The third-order valence-corrected chi connectivity index (χ3v) is 4.72. The van der Waals surface area contributed by atoms with Gasteiger partial charge in [-0.1, -0.05) is 48.5 Å². The summed E-state index contributed by atoms with van der Waals surface area (Å²) in [6.45, 7) is 2.82. The molecular formula is C21H22N4O. The highest BCUT2D eigenvalue weighted by Crippen LogP contribution is 2.14. The minimum atomic E-state index is -0.0567. The molecule has 3 aromatic rings. The number of carbonyl (C=O) groups excluding carboxylic acids is 1. The van der Waals surface area contributed by atoms with Gasteiger partial charge in [-0.15, -0.1) is 0 Å². The van der Waals surface area contributed by atoms with E-state index < -0.39 is 0 Å². The Hall–Kier alpha value is -2.92. The molecule has 5 nitrogen and oxygen atoms in total. The zero-order valence-corrected chi connectivity index (χ0v) is 14.6. The average Bonchev–Trinajstić information content (AvgIpc) is 3.33. The molecule has 1 saturated heterocycles. The second-order valence-electron chi connectivity index (χ2n) is 6.69. The minimum Gasteiger partial charge on any atom is -0.348 e. The molecule has 4 rings (SSSR count). The van der Waals surface area contributed by atoms with Crippen LogP contribution in [0.1, 0.15) is 22.3 Å². The Bertz CT molecular complexity index is 860. The lowest BCUT2D eigenvalue weighted by Crippen LogP contribution is -2.36. The van der Waals surface area contributed by atoms with E-state index in [1.54, 1.807) is 17.1 Å². The van der Waals surface area contributed by atoms with E-state index in [0.29, 0.717) is 5.56 Å². The van der Waals surface area contributed by atoms with Crippen molar-refractivity contribution in [1.82, 2.24) is 20.0 Å². The number of hydrogen-bond donors (Lipinski definition) is 1. The summed E-state index contributed by atoms with van der Waals surface area (Å²) >= 11 is 0. The number of para-hydroxylation sites is 1. The molecule has 1 N–H and O–H groups in total. The van der Waals surface area contributed by atoms with E-state index in [1.807, 2.05) is 36.4 Å². The van der Waals surface area contributed by atoms with Crippen molar-refractivity contribution in [3.8, 4) is 5.69 Å². The van der Waals surface area contributed by atoms with E-state index in [9.17, 15) is 4.79 Å². The Kier molecular flexibility index (Phi) is 4.80. The number of nitrogens with one attached hydrogen (secondary N) is 1. The number of carbonyl (C=O) groups is 1. The van der Waals surface area contributed by atoms with Crippen molar-refractivity contribution in [2.45, 2.75) is 19.0 Å². The number of rotatable bonds is 5. The van der Waals surface area contributed by atoms with Gasteiger partial charge in [0, 0.05) is 31.9 Å². The van der Waals surface area contributed by atoms with Gasteiger partial charge in [-0.25, -0.2) is 4.68 Å². The van der Waals surface area contributed by atoms with E-state index in [0.717, 1.165) is 31.7 Å². The van der Waals surface area contributed by atoms with Crippen LogP contribution in [0.3, 0.4) is 0 Å². The molecule has 2 aromatic carbocycles. The van der Waals surface area contributed by atoms with Crippen LogP contribution in [-0.2, 0) is 6.54 Å². The number of nitrogens with zero attached hydrogens (tertiary/aromatic N) is 3. The average molecular weight is 346 g/mol. The van der Waals surface area contributed by atoms with E-state index in [-0.39, 0.29) is 11.9 Å². The number of hydrogen-bond acceptors (Lipinski definition) is 3. The molecule has 0 aliphatic carbocycles. The molecule has 2 heterocycles. The first-order valence-corrected chi connectivity index (χ1v) is 8.95. The lowest BCUT2D eigenvalue weighted by molar-refractivity contribution is 0.0937. The summed E-state index contributed by atoms with van der Waals surface area (Å²) in [5.41, 5.74) is 2.85. The maximum atomic E-state index is 12.5. The van der Waals surface area contributed by atoms with Gasteiger partial charge in [-0.3, -0.25) is 9.69 Å². The van der Waals surface area contributed by atoms with Gasteiger partial charge < -0.3 is 5.32 Å². The van der Waals surface area contributed by atoms with E-state index >= 15 is 0 Å². The Labute approximate surface area is 153 Å². The summed E-state index contributed by atoms with van der Waals surface area (Å²) in [5.74, 6) is -0.0567. The molecule has 0 spiro atoms. The van der Waals surface area contributed by atoms with Crippen LogP contribution in [0.2, 0.25) is 0 Å². The largest absolute Gasteiger partial charge is 0.348 e. The van der Waals surface area contributed by atoms with Gasteiger partial charge in [0.2, 0.25) is 0 Å². The molecule has 1 aliphatic heterocycles. The second kappa shape index (κ2) is 7.54. The summed E-state index contributed by atoms with van der Waals surface area (Å²) in [5, 5.41) is 7.44. The first kappa shape index (κ1) is 16.5. The van der Waals surface area contributed by atoms with Crippen molar-refractivity contribution in [2.75, 3.05) is 13.1 Å². The van der Waals surface area contributed by atoms with Gasteiger partial charge in [-0.2, -0.15) is 5.10 Å². The van der Waals surface area contributed by atoms with Crippen LogP contribution in [-0.4, -0.2) is 39.7 Å². The van der Waals surface area contributed by atoms with E-state index in [2.05, 4.69) is 39.6 Å². The fourth-order valence-corrected chi connectivity index (χ4v) is 3.37. The highest BCUT2D eigenvalue weighted by molar-refractivity contribution is 5.94. The SMILES string of the molecule is O=C(NC1CCN(Cc2ccccc2)C1)c1cnn(-c2ccccc2)c1. The van der Waals surface area contributed by atoms with Gasteiger partial charge in [0.1, 0.15) is 0 Å². The monoisotopic (exact) mass is 346 g/mol. The highest BCUT2D eigenvalue weighted by atomic mass is 16.1. The standard InChI is InChI=1S/C21H22N4O/c26-21(18-13-22-25(15-18)20-9-5-2-6-10-20)23-19-11-12-24(16-19)14-17-7-3-1-4-8-17/h1-10,13,15,19H,11-12,14,16H2,(H,23,26). The van der Waals surface area contributed by atoms with Crippen molar-refractivity contribution in [1.29, 1.82) is 0 Å². The zero-order valence-electron chi connectivity index (χ0n) is 14.6. The number of benzene rings is 2. The first-order valence-electron chi connectivity index (χ1n) is 8.95. The molecule has 1 aliphatic rings. The molecule has 1 aromatic heterocycles. The number of likely N-dealkylation sites (tertiary alicyclic amines) is 1. The third-order valence-electron chi connectivity index (χ3n) is 4.72. The van der Waals surface area contributed by atoms with Crippen LogP contribution in [0.25, 0.3) is 5.69 Å². The first-order chi connectivity index (χ1) is 12.8. The summed E-state index contributed by atoms with van der Waals surface area (Å²) in [6, 6.07) is 20.4. The highest BCUT2D eigenvalue weighted by Gasteiger charge is 2.24. The molecule has 0 saturated carbocycles. The molecule has 1 atom stereocenters. The molecule has 1 fully saturated rings. The normalized spacial score (nSPS) is 17.3.